The molecule has 0 N–H and O–H groups in total. The summed E-state index contributed by atoms with van der Waals surface area (Å²) in [6.07, 6.45) is 0. The fourth-order valence-electron chi connectivity index (χ4n) is 1.23. The van der Waals surface area contributed by atoms with Gasteiger partial charge >= 0.3 is 0 Å². The molecular weight excluding hydrogens is 239 g/mol. The van der Waals surface area contributed by atoms with Gasteiger partial charge in [0.1, 0.15) is 0 Å². The summed E-state index contributed by atoms with van der Waals surface area (Å²) in [6.45, 7) is 2.47. The second-order valence-corrected chi connectivity index (χ2v) is 5.22. The van der Waals surface area contributed by atoms with E-state index in [1.54, 1.807) is 13.2 Å². The van der Waals surface area contributed by atoms with E-state index in [2.05, 4.69) is 12.6 Å². The molecule has 0 aliphatic heterocycles. The fraction of sp³-hybridized carbons (Fsp3) is 0.400. The minimum absolute atomic E-state index is 0.372. The van der Waals surface area contributed by atoms with E-state index in [1.807, 2.05) is 19.1 Å². The van der Waals surface area contributed by atoms with Crippen molar-refractivity contribution in [3.8, 4) is 0 Å². The van der Waals surface area contributed by atoms with Gasteiger partial charge in [0.15, 0.2) is 0 Å². The van der Waals surface area contributed by atoms with Crippen LogP contribution < -0.4 is 0 Å². The summed E-state index contributed by atoms with van der Waals surface area (Å²) in [5, 5.41) is 1.23. The number of benzene rings is 1. The van der Waals surface area contributed by atoms with Crippen LogP contribution in [-0.4, -0.2) is 13.7 Å². The third-order valence-electron chi connectivity index (χ3n) is 1.91. The average Bonchev–Trinajstić information content (AvgIpc) is 2.02. The highest BCUT2D eigenvalue weighted by molar-refractivity contribution is 7.81. The Hall–Kier alpha value is 0.110. The Bertz CT molecular complexity index is 306. The number of thiol groups is 1. The quantitative estimate of drug-likeness (QED) is 0.804. The summed E-state index contributed by atoms with van der Waals surface area (Å²) in [5.74, 6) is 0. The summed E-state index contributed by atoms with van der Waals surface area (Å²) < 4.78 is 4.71. The van der Waals surface area contributed by atoms with Gasteiger partial charge in [-0.1, -0.05) is 23.2 Å². The number of hydrogen-bond acceptors (Lipinski definition) is 2. The molecule has 14 heavy (non-hydrogen) atoms. The van der Waals surface area contributed by atoms with Gasteiger partial charge in [0.25, 0.3) is 0 Å². The molecule has 1 atom stereocenters. The summed E-state index contributed by atoms with van der Waals surface area (Å²) in [4.78, 5) is 0. The van der Waals surface area contributed by atoms with E-state index in [1.165, 1.54) is 0 Å². The van der Waals surface area contributed by atoms with Crippen molar-refractivity contribution in [2.45, 2.75) is 11.7 Å². The maximum atomic E-state index is 5.90. The predicted molar refractivity (Wildman–Crippen MR) is 64.7 cm³/mol. The first-order chi connectivity index (χ1) is 6.45. The van der Waals surface area contributed by atoms with Crippen molar-refractivity contribution in [3.05, 3.63) is 33.8 Å². The number of rotatable bonds is 3. The zero-order valence-corrected chi connectivity index (χ0v) is 10.5. The highest BCUT2D eigenvalue weighted by Crippen LogP contribution is 2.32. The van der Waals surface area contributed by atoms with Crippen LogP contribution in [0.5, 0.6) is 0 Å². The minimum Gasteiger partial charge on any atom is -0.383 e. The van der Waals surface area contributed by atoms with Gasteiger partial charge in [-0.05, 0) is 30.7 Å². The van der Waals surface area contributed by atoms with Gasteiger partial charge in [0.05, 0.1) is 11.4 Å². The SMILES string of the molecule is COC[C@@](C)(S)c1cc(Cl)cc(Cl)c1. The largest absolute Gasteiger partial charge is 0.383 e. The molecule has 0 aliphatic rings. The van der Waals surface area contributed by atoms with Crippen molar-refractivity contribution in [2.75, 3.05) is 13.7 Å². The van der Waals surface area contributed by atoms with E-state index >= 15 is 0 Å². The van der Waals surface area contributed by atoms with E-state index in [0.717, 1.165) is 5.56 Å². The normalized spacial score (nSPS) is 15.2. The van der Waals surface area contributed by atoms with Crippen molar-refractivity contribution >= 4 is 35.8 Å². The molecule has 0 bridgehead atoms. The van der Waals surface area contributed by atoms with Crippen molar-refractivity contribution < 1.29 is 4.74 Å². The molecule has 1 aromatic carbocycles. The first-order valence-electron chi connectivity index (χ1n) is 4.13. The molecule has 0 fully saturated rings. The van der Waals surface area contributed by atoms with Gasteiger partial charge < -0.3 is 4.74 Å². The molecule has 0 unspecified atom stereocenters. The van der Waals surface area contributed by atoms with Crippen molar-refractivity contribution in [1.29, 1.82) is 0 Å². The Labute approximate surface area is 99.8 Å². The van der Waals surface area contributed by atoms with E-state index in [0.29, 0.717) is 16.7 Å². The zero-order chi connectivity index (χ0) is 10.8. The van der Waals surface area contributed by atoms with Gasteiger partial charge in [-0.15, -0.1) is 0 Å². The lowest BCUT2D eigenvalue weighted by Crippen LogP contribution is -2.20. The third kappa shape index (κ3) is 3.06. The molecule has 0 aromatic heterocycles. The minimum atomic E-state index is -0.372. The summed E-state index contributed by atoms with van der Waals surface area (Å²) in [5.41, 5.74) is 0.959. The Morgan fingerprint density at radius 2 is 1.79 bits per heavy atom. The maximum Gasteiger partial charge on any atom is 0.0645 e. The maximum absolute atomic E-state index is 5.90. The van der Waals surface area contributed by atoms with E-state index < -0.39 is 0 Å². The third-order valence-corrected chi connectivity index (χ3v) is 2.73. The molecule has 0 saturated carbocycles. The predicted octanol–water partition coefficient (Wildman–Crippen LogP) is 3.78. The van der Waals surface area contributed by atoms with Gasteiger partial charge in [-0.25, -0.2) is 0 Å². The lowest BCUT2D eigenvalue weighted by atomic mass is 10.0. The van der Waals surface area contributed by atoms with Crippen LogP contribution in [0.4, 0.5) is 0 Å². The smallest absolute Gasteiger partial charge is 0.0645 e. The summed E-state index contributed by atoms with van der Waals surface area (Å²) in [7, 11) is 1.64. The van der Waals surface area contributed by atoms with Gasteiger partial charge in [0, 0.05) is 17.2 Å². The number of halogens is 2. The van der Waals surface area contributed by atoms with Crippen molar-refractivity contribution in [1.82, 2.24) is 0 Å². The van der Waals surface area contributed by atoms with Crippen molar-refractivity contribution in [3.63, 3.8) is 0 Å². The van der Waals surface area contributed by atoms with Crippen LogP contribution in [0.1, 0.15) is 12.5 Å². The number of hydrogen-bond donors (Lipinski definition) is 1. The number of ether oxygens (including phenoxy) is 1. The van der Waals surface area contributed by atoms with Gasteiger partial charge in [-0.2, -0.15) is 12.6 Å². The van der Waals surface area contributed by atoms with Crippen LogP contribution >= 0.6 is 35.8 Å². The van der Waals surface area contributed by atoms with Crippen LogP contribution in [-0.2, 0) is 9.48 Å². The topological polar surface area (TPSA) is 9.23 Å². The average molecular weight is 251 g/mol. The molecule has 4 heteroatoms. The Kier molecular flexibility index (Phi) is 4.14. The van der Waals surface area contributed by atoms with Crippen LogP contribution in [0.15, 0.2) is 18.2 Å². The summed E-state index contributed by atoms with van der Waals surface area (Å²) >= 11 is 16.3. The monoisotopic (exact) mass is 250 g/mol. The van der Waals surface area contributed by atoms with E-state index in [4.69, 9.17) is 27.9 Å². The van der Waals surface area contributed by atoms with Crippen LogP contribution in [0.3, 0.4) is 0 Å². The fourth-order valence-corrected chi connectivity index (χ4v) is 2.01. The Morgan fingerprint density at radius 1 is 1.29 bits per heavy atom. The molecule has 0 spiro atoms. The highest BCUT2D eigenvalue weighted by atomic mass is 35.5. The molecule has 1 rings (SSSR count). The molecule has 0 aliphatic carbocycles. The van der Waals surface area contributed by atoms with Gasteiger partial charge in [0.2, 0.25) is 0 Å². The zero-order valence-electron chi connectivity index (χ0n) is 8.05. The summed E-state index contributed by atoms with van der Waals surface area (Å²) in [6, 6.07) is 5.39. The first-order valence-corrected chi connectivity index (χ1v) is 5.34. The lowest BCUT2D eigenvalue weighted by Gasteiger charge is -2.23. The van der Waals surface area contributed by atoms with Crippen LogP contribution in [0.2, 0.25) is 10.0 Å². The molecule has 1 nitrogen and oxygen atoms in total. The van der Waals surface area contributed by atoms with Gasteiger partial charge in [-0.3, -0.25) is 0 Å². The second kappa shape index (κ2) is 4.75. The van der Waals surface area contributed by atoms with Crippen molar-refractivity contribution in [2.24, 2.45) is 0 Å². The number of methoxy groups -OCH3 is 1. The molecule has 78 valence electrons. The molecule has 0 amide bonds. The second-order valence-electron chi connectivity index (χ2n) is 3.36. The molecule has 0 saturated heterocycles. The highest BCUT2D eigenvalue weighted by Gasteiger charge is 2.22. The van der Waals surface area contributed by atoms with Crippen LogP contribution in [0.25, 0.3) is 0 Å². The van der Waals surface area contributed by atoms with E-state index in [9.17, 15) is 0 Å². The molecular formula is C10H12Cl2OS. The molecule has 0 heterocycles. The Morgan fingerprint density at radius 3 is 2.21 bits per heavy atom. The standard InChI is InChI=1S/C10H12Cl2OS/c1-10(14,6-13-2)7-3-8(11)5-9(12)4-7/h3-5,14H,6H2,1-2H3/t10-/m1/s1. The lowest BCUT2D eigenvalue weighted by molar-refractivity contribution is 0.174. The van der Waals surface area contributed by atoms with Crippen LogP contribution in [0, 0.1) is 0 Å². The molecule has 0 radical (unpaired) electrons. The van der Waals surface area contributed by atoms with E-state index in [-0.39, 0.29) is 4.75 Å². The molecule has 1 aromatic rings. The Balaban J connectivity index is 3.05. The first kappa shape index (κ1) is 12.2.